The van der Waals surface area contributed by atoms with E-state index in [2.05, 4.69) is 10.1 Å². The Bertz CT molecular complexity index is 674. The van der Waals surface area contributed by atoms with E-state index in [0.717, 1.165) is 4.31 Å². The Morgan fingerprint density at radius 2 is 2.05 bits per heavy atom. The van der Waals surface area contributed by atoms with Gasteiger partial charge in [0.15, 0.2) is 0 Å². The van der Waals surface area contributed by atoms with Gasteiger partial charge in [0.2, 0.25) is 15.9 Å². The minimum atomic E-state index is -3.91. The number of esters is 1. The smallest absolute Gasteiger partial charge is 0.307 e. The Morgan fingerprint density at radius 1 is 1.41 bits per heavy atom. The molecule has 1 aromatic rings. The molecular formula is C13H15ClN2O5S. The fourth-order valence-electron chi connectivity index (χ4n) is 2.16. The van der Waals surface area contributed by atoms with Crippen molar-refractivity contribution < 1.29 is 22.7 Å². The van der Waals surface area contributed by atoms with Gasteiger partial charge in [-0.3, -0.25) is 9.59 Å². The Kier molecular flexibility index (Phi) is 5.05. The Balaban J connectivity index is 2.35. The van der Waals surface area contributed by atoms with Gasteiger partial charge >= 0.3 is 5.97 Å². The van der Waals surface area contributed by atoms with Crippen molar-refractivity contribution in [3.05, 3.63) is 29.3 Å². The number of piperazine rings is 1. The Morgan fingerprint density at radius 3 is 2.64 bits per heavy atom. The first kappa shape index (κ1) is 16.7. The molecule has 1 aliphatic heterocycles. The molecule has 1 aliphatic rings. The predicted octanol–water partition coefficient (Wildman–Crippen LogP) is 0.392. The van der Waals surface area contributed by atoms with Gasteiger partial charge in [0.25, 0.3) is 0 Å². The summed E-state index contributed by atoms with van der Waals surface area (Å²) in [6.07, 6.45) is -0.338. The third-order valence-corrected chi connectivity index (χ3v) is 5.46. The van der Waals surface area contributed by atoms with Crippen molar-refractivity contribution in [1.29, 1.82) is 0 Å². The van der Waals surface area contributed by atoms with Crippen molar-refractivity contribution in [3.63, 3.8) is 0 Å². The monoisotopic (exact) mass is 346 g/mol. The number of rotatable bonds is 4. The van der Waals surface area contributed by atoms with Crippen molar-refractivity contribution in [3.8, 4) is 0 Å². The molecule has 0 radical (unpaired) electrons. The van der Waals surface area contributed by atoms with Gasteiger partial charge in [-0.15, -0.1) is 0 Å². The molecule has 9 heteroatoms. The molecule has 120 valence electrons. The molecule has 7 nitrogen and oxygen atoms in total. The summed E-state index contributed by atoms with van der Waals surface area (Å²) in [5.74, 6) is -1.17. The van der Waals surface area contributed by atoms with Gasteiger partial charge in [-0.25, -0.2) is 8.42 Å². The number of sulfonamides is 1. The molecule has 1 aromatic carbocycles. The summed E-state index contributed by atoms with van der Waals surface area (Å²) >= 11 is 5.75. The van der Waals surface area contributed by atoms with Crippen LogP contribution in [0.2, 0.25) is 5.02 Å². The fourth-order valence-corrected chi connectivity index (χ4v) is 3.87. The summed E-state index contributed by atoms with van der Waals surface area (Å²) < 4.78 is 30.9. The maximum Gasteiger partial charge on any atom is 0.307 e. The average Bonchev–Trinajstić information content (AvgIpc) is 2.49. The second-order valence-corrected chi connectivity index (χ2v) is 6.98. The summed E-state index contributed by atoms with van der Waals surface area (Å²) in [5, 5.41) is 2.95. The molecule has 1 fully saturated rings. The molecule has 1 atom stereocenters. The molecule has 1 heterocycles. The van der Waals surface area contributed by atoms with Crippen molar-refractivity contribution in [2.75, 3.05) is 20.2 Å². The topological polar surface area (TPSA) is 92.8 Å². The zero-order valence-electron chi connectivity index (χ0n) is 11.8. The van der Waals surface area contributed by atoms with Gasteiger partial charge in [0.05, 0.1) is 18.4 Å². The Hall–Kier alpha value is -1.64. The lowest BCUT2D eigenvalue weighted by Gasteiger charge is -2.33. The zero-order valence-corrected chi connectivity index (χ0v) is 13.4. The third-order valence-electron chi connectivity index (χ3n) is 3.29. The van der Waals surface area contributed by atoms with Crippen LogP contribution in [0.15, 0.2) is 29.2 Å². The van der Waals surface area contributed by atoms with Gasteiger partial charge in [-0.05, 0) is 24.3 Å². The molecule has 1 N–H and O–H groups in total. The van der Waals surface area contributed by atoms with Crippen molar-refractivity contribution in [2.24, 2.45) is 0 Å². The van der Waals surface area contributed by atoms with Gasteiger partial charge in [0.1, 0.15) is 6.04 Å². The summed E-state index contributed by atoms with van der Waals surface area (Å²) in [6.45, 7) is 0.266. The van der Waals surface area contributed by atoms with Crippen LogP contribution in [0.25, 0.3) is 0 Å². The number of hydrogen-bond donors (Lipinski definition) is 1. The van der Waals surface area contributed by atoms with Gasteiger partial charge in [-0.2, -0.15) is 4.31 Å². The number of carbonyl (C=O) groups excluding carboxylic acids is 2. The van der Waals surface area contributed by atoms with Gasteiger partial charge < -0.3 is 10.1 Å². The predicted molar refractivity (Wildman–Crippen MR) is 78.8 cm³/mol. The molecule has 0 aliphatic carbocycles. The number of carbonyl (C=O) groups is 2. The summed E-state index contributed by atoms with van der Waals surface area (Å²) in [6, 6.07) is 4.50. The first-order valence-corrected chi connectivity index (χ1v) is 8.30. The minimum absolute atomic E-state index is 0.0152. The second kappa shape index (κ2) is 6.64. The number of methoxy groups -OCH3 is 1. The third kappa shape index (κ3) is 3.40. The molecule has 1 amide bonds. The highest BCUT2D eigenvalue weighted by Crippen LogP contribution is 2.23. The van der Waals surface area contributed by atoms with Gasteiger partial charge in [-0.1, -0.05) is 11.6 Å². The molecule has 2 rings (SSSR count). The maximum absolute atomic E-state index is 12.7. The molecule has 22 heavy (non-hydrogen) atoms. The fraction of sp³-hybridized carbons (Fsp3) is 0.385. The van der Waals surface area contributed by atoms with Crippen LogP contribution in [0, 0.1) is 0 Å². The number of ether oxygens (including phenoxy) is 1. The first-order chi connectivity index (χ1) is 10.4. The van der Waals surface area contributed by atoms with E-state index in [4.69, 9.17) is 11.6 Å². The molecular weight excluding hydrogens is 332 g/mol. The van der Waals surface area contributed by atoms with Crippen LogP contribution in [-0.4, -0.2) is 50.8 Å². The number of benzene rings is 1. The van der Waals surface area contributed by atoms with E-state index in [-0.39, 0.29) is 24.4 Å². The molecule has 0 bridgehead atoms. The largest absolute Gasteiger partial charge is 0.469 e. The molecule has 0 spiro atoms. The van der Waals surface area contributed by atoms with E-state index in [1.807, 2.05) is 0 Å². The van der Waals surface area contributed by atoms with E-state index >= 15 is 0 Å². The molecule has 1 saturated heterocycles. The quantitative estimate of drug-likeness (QED) is 0.796. The van der Waals surface area contributed by atoms with E-state index in [1.165, 1.54) is 31.4 Å². The van der Waals surface area contributed by atoms with Crippen LogP contribution in [0.4, 0.5) is 0 Å². The van der Waals surface area contributed by atoms with Crippen LogP contribution < -0.4 is 5.32 Å². The van der Waals surface area contributed by atoms with Crippen LogP contribution >= 0.6 is 11.6 Å². The number of amides is 1. The minimum Gasteiger partial charge on any atom is -0.469 e. The molecule has 0 saturated carbocycles. The van der Waals surface area contributed by atoms with Gasteiger partial charge in [0, 0.05) is 18.1 Å². The summed E-state index contributed by atoms with van der Waals surface area (Å²) in [5.41, 5.74) is 0. The summed E-state index contributed by atoms with van der Waals surface area (Å²) in [7, 11) is -2.73. The van der Waals surface area contributed by atoms with Crippen molar-refractivity contribution in [2.45, 2.75) is 17.4 Å². The van der Waals surface area contributed by atoms with Crippen molar-refractivity contribution >= 4 is 33.5 Å². The number of hydrogen-bond acceptors (Lipinski definition) is 5. The number of halogens is 1. The maximum atomic E-state index is 12.7. The highest BCUT2D eigenvalue weighted by atomic mass is 35.5. The van der Waals surface area contributed by atoms with Crippen LogP contribution in [0.1, 0.15) is 6.42 Å². The van der Waals surface area contributed by atoms with E-state index in [9.17, 15) is 18.0 Å². The zero-order chi connectivity index (χ0) is 16.3. The lowest BCUT2D eigenvalue weighted by atomic mass is 10.1. The van der Waals surface area contributed by atoms with Crippen LogP contribution in [-0.2, 0) is 24.3 Å². The number of nitrogens with one attached hydrogen (secondary N) is 1. The summed E-state index contributed by atoms with van der Waals surface area (Å²) in [4.78, 5) is 23.4. The van der Waals surface area contributed by atoms with E-state index in [0.29, 0.717) is 5.02 Å². The molecule has 0 unspecified atom stereocenters. The Labute approximate surface area is 133 Å². The number of nitrogens with zero attached hydrogens (tertiary/aromatic N) is 1. The standard InChI is InChI=1S/C13H15ClN2O5S/c1-21-12(17)8-11-13(18)15-6-7-16(11)22(19,20)10-4-2-9(14)3-5-10/h2-5,11H,6-8H2,1H3,(H,15,18)/t11-/m0/s1. The lowest BCUT2D eigenvalue weighted by molar-refractivity contribution is -0.144. The van der Waals surface area contributed by atoms with Crippen LogP contribution in [0.5, 0.6) is 0 Å². The highest BCUT2D eigenvalue weighted by Gasteiger charge is 2.39. The first-order valence-electron chi connectivity index (χ1n) is 6.48. The second-order valence-electron chi connectivity index (χ2n) is 4.66. The van der Waals surface area contributed by atoms with Crippen molar-refractivity contribution in [1.82, 2.24) is 9.62 Å². The molecule has 0 aromatic heterocycles. The SMILES string of the molecule is COC(=O)C[C@H]1C(=O)NCCN1S(=O)(=O)c1ccc(Cl)cc1. The lowest BCUT2D eigenvalue weighted by Crippen LogP contribution is -2.57. The highest BCUT2D eigenvalue weighted by molar-refractivity contribution is 7.89. The average molecular weight is 347 g/mol. The van der Waals surface area contributed by atoms with Crippen LogP contribution in [0.3, 0.4) is 0 Å². The normalized spacial score (nSPS) is 19.5. The van der Waals surface area contributed by atoms with E-state index in [1.54, 1.807) is 0 Å². The van der Waals surface area contributed by atoms with E-state index < -0.39 is 27.9 Å².